The molecule has 1 aromatic rings. The molecule has 1 amide bonds. The molecule has 0 bridgehead atoms. The molecule has 0 aliphatic heterocycles. The van der Waals surface area contributed by atoms with Gasteiger partial charge in [0.2, 0.25) is 0 Å². The summed E-state index contributed by atoms with van der Waals surface area (Å²) in [6.07, 6.45) is 1.39. The molecule has 0 spiro atoms. The van der Waals surface area contributed by atoms with Crippen molar-refractivity contribution in [2.75, 3.05) is 13.1 Å². The van der Waals surface area contributed by atoms with Crippen LogP contribution in [0.25, 0.3) is 0 Å². The maximum atomic E-state index is 11.9. The van der Waals surface area contributed by atoms with Crippen LogP contribution < -0.4 is 0 Å². The number of nitrogens with zero attached hydrogens (tertiary/aromatic N) is 3. The van der Waals surface area contributed by atoms with E-state index in [1.807, 2.05) is 0 Å². The molecular weight excluding hydrogens is 230 g/mol. The van der Waals surface area contributed by atoms with Gasteiger partial charge in [0.15, 0.2) is 0 Å². The highest BCUT2D eigenvalue weighted by Crippen LogP contribution is 2.09. The predicted octanol–water partition coefficient (Wildman–Crippen LogP) is 0.721. The molecule has 0 saturated carbocycles. The Balaban J connectivity index is 2.68. The van der Waals surface area contributed by atoms with Gasteiger partial charge in [0.1, 0.15) is 4.88 Å². The van der Waals surface area contributed by atoms with E-state index in [9.17, 15) is 9.59 Å². The van der Waals surface area contributed by atoms with Crippen LogP contribution in [0.3, 0.4) is 0 Å². The fourth-order valence-corrected chi connectivity index (χ4v) is 1.67. The largest absolute Gasteiger partial charge is 0.481 e. The first kappa shape index (κ1) is 12.6. The van der Waals surface area contributed by atoms with E-state index in [4.69, 9.17) is 5.11 Å². The third-order valence-electron chi connectivity index (χ3n) is 2.16. The summed E-state index contributed by atoms with van der Waals surface area (Å²) in [6.45, 7) is 4.04. The summed E-state index contributed by atoms with van der Waals surface area (Å²) in [5, 5.41) is 12.4. The Labute approximate surface area is 97.1 Å². The molecule has 0 fully saturated rings. The van der Waals surface area contributed by atoms with Crippen molar-refractivity contribution in [3.8, 4) is 0 Å². The van der Waals surface area contributed by atoms with Crippen LogP contribution in [-0.4, -0.2) is 44.6 Å². The molecule has 16 heavy (non-hydrogen) atoms. The minimum atomic E-state index is -0.909. The first-order valence-electron chi connectivity index (χ1n) is 4.85. The lowest BCUT2D eigenvalue weighted by atomic mass is 10.1. The van der Waals surface area contributed by atoms with Gasteiger partial charge in [0.05, 0.1) is 12.1 Å². The number of rotatable bonds is 5. The average Bonchev–Trinajstić information content (AvgIpc) is 2.77. The Bertz CT molecular complexity index is 366. The average molecular weight is 243 g/mol. The van der Waals surface area contributed by atoms with Gasteiger partial charge in [-0.05, 0) is 18.5 Å². The van der Waals surface area contributed by atoms with Crippen molar-refractivity contribution in [1.82, 2.24) is 14.5 Å². The second-order valence-corrected chi connectivity index (χ2v) is 4.15. The topological polar surface area (TPSA) is 83.4 Å². The lowest BCUT2D eigenvalue weighted by Crippen LogP contribution is -2.36. The second-order valence-electron chi connectivity index (χ2n) is 3.36. The van der Waals surface area contributed by atoms with E-state index >= 15 is 0 Å². The van der Waals surface area contributed by atoms with Crippen molar-refractivity contribution >= 4 is 23.4 Å². The minimum Gasteiger partial charge on any atom is -0.481 e. The van der Waals surface area contributed by atoms with Crippen molar-refractivity contribution in [1.29, 1.82) is 0 Å². The number of aliphatic carboxylic acids is 1. The zero-order valence-corrected chi connectivity index (χ0v) is 9.90. The molecule has 6 nitrogen and oxygen atoms in total. The third-order valence-corrected chi connectivity index (χ3v) is 2.81. The van der Waals surface area contributed by atoms with E-state index in [2.05, 4.69) is 9.59 Å². The first-order chi connectivity index (χ1) is 7.56. The zero-order valence-electron chi connectivity index (χ0n) is 9.08. The highest BCUT2D eigenvalue weighted by Gasteiger charge is 2.21. The monoisotopic (exact) mass is 243 g/mol. The van der Waals surface area contributed by atoms with Crippen LogP contribution in [-0.2, 0) is 4.79 Å². The molecule has 0 aromatic carbocycles. The van der Waals surface area contributed by atoms with Gasteiger partial charge in [-0.3, -0.25) is 9.59 Å². The summed E-state index contributed by atoms with van der Waals surface area (Å²) in [7, 11) is 0. The molecule has 0 aliphatic carbocycles. The molecular formula is C9H13N3O3S. The smallest absolute Gasteiger partial charge is 0.308 e. The molecule has 1 atom stereocenters. The zero-order chi connectivity index (χ0) is 12.1. The molecule has 1 aromatic heterocycles. The fraction of sp³-hybridized carbons (Fsp3) is 0.556. The van der Waals surface area contributed by atoms with Crippen molar-refractivity contribution in [3.63, 3.8) is 0 Å². The summed E-state index contributed by atoms with van der Waals surface area (Å²) in [4.78, 5) is 24.5. The van der Waals surface area contributed by atoms with Gasteiger partial charge in [-0.1, -0.05) is 11.4 Å². The Morgan fingerprint density at radius 2 is 2.31 bits per heavy atom. The number of carboxylic acids is 1. The van der Waals surface area contributed by atoms with Gasteiger partial charge in [0, 0.05) is 13.1 Å². The van der Waals surface area contributed by atoms with Gasteiger partial charge in [-0.15, -0.1) is 5.10 Å². The maximum Gasteiger partial charge on any atom is 0.308 e. The minimum absolute atomic E-state index is 0.197. The Kier molecular flexibility index (Phi) is 4.36. The van der Waals surface area contributed by atoms with E-state index in [1.165, 1.54) is 11.1 Å². The molecule has 1 N–H and O–H groups in total. The summed E-state index contributed by atoms with van der Waals surface area (Å²) in [5.74, 6) is -1.70. The number of carbonyl (C=O) groups excluding carboxylic acids is 1. The highest BCUT2D eigenvalue weighted by molar-refractivity contribution is 7.07. The van der Waals surface area contributed by atoms with Crippen LogP contribution in [0.5, 0.6) is 0 Å². The fourth-order valence-electron chi connectivity index (χ4n) is 1.18. The molecule has 0 radical (unpaired) electrons. The highest BCUT2D eigenvalue weighted by atomic mass is 32.1. The molecule has 0 saturated heterocycles. The quantitative estimate of drug-likeness (QED) is 0.823. The molecule has 1 unspecified atom stereocenters. The van der Waals surface area contributed by atoms with E-state index in [1.54, 1.807) is 13.8 Å². The van der Waals surface area contributed by atoms with Crippen LogP contribution in [0, 0.1) is 5.92 Å². The molecule has 88 valence electrons. The van der Waals surface area contributed by atoms with Crippen LogP contribution in [0.15, 0.2) is 6.20 Å². The maximum absolute atomic E-state index is 11.9. The van der Waals surface area contributed by atoms with Crippen LogP contribution in [0.4, 0.5) is 0 Å². The van der Waals surface area contributed by atoms with Crippen molar-refractivity contribution in [3.05, 3.63) is 11.1 Å². The molecule has 0 aliphatic rings. The predicted molar refractivity (Wildman–Crippen MR) is 58.3 cm³/mol. The first-order valence-corrected chi connectivity index (χ1v) is 5.63. The summed E-state index contributed by atoms with van der Waals surface area (Å²) in [6, 6.07) is 0. The second kappa shape index (κ2) is 5.55. The van der Waals surface area contributed by atoms with Gasteiger partial charge < -0.3 is 10.0 Å². The van der Waals surface area contributed by atoms with Crippen molar-refractivity contribution < 1.29 is 14.7 Å². The van der Waals surface area contributed by atoms with Crippen LogP contribution >= 0.6 is 11.5 Å². The van der Waals surface area contributed by atoms with Crippen LogP contribution in [0.2, 0.25) is 0 Å². The number of carboxylic acid groups (broad SMARTS) is 1. The standard InChI is InChI=1S/C9H13N3O3S/c1-3-12(5-6(2)9(14)15)8(13)7-4-10-11-16-7/h4,6H,3,5H2,1-2H3,(H,14,15). The Morgan fingerprint density at radius 1 is 1.62 bits per heavy atom. The van der Waals surface area contributed by atoms with Crippen molar-refractivity contribution in [2.45, 2.75) is 13.8 Å². The SMILES string of the molecule is CCN(CC(C)C(=O)O)C(=O)c1cnns1. The van der Waals surface area contributed by atoms with E-state index in [0.29, 0.717) is 11.4 Å². The van der Waals surface area contributed by atoms with E-state index in [-0.39, 0.29) is 12.5 Å². The number of amides is 1. The van der Waals surface area contributed by atoms with Crippen LogP contribution in [0.1, 0.15) is 23.5 Å². The number of hydrogen-bond donors (Lipinski definition) is 1. The number of carbonyl (C=O) groups is 2. The van der Waals surface area contributed by atoms with Gasteiger partial charge >= 0.3 is 5.97 Å². The summed E-state index contributed by atoms with van der Waals surface area (Å²) in [5.41, 5.74) is 0. The summed E-state index contributed by atoms with van der Waals surface area (Å²) < 4.78 is 3.60. The number of aromatic nitrogens is 2. The van der Waals surface area contributed by atoms with Gasteiger partial charge in [-0.25, -0.2) is 0 Å². The molecule has 1 heterocycles. The van der Waals surface area contributed by atoms with Gasteiger partial charge in [-0.2, -0.15) is 0 Å². The third kappa shape index (κ3) is 2.99. The summed E-state index contributed by atoms with van der Waals surface area (Å²) >= 11 is 1.01. The van der Waals surface area contributed by atoms with Gasteiger partial charge in [0.25, 0.3) is 5.91 Å². The lowest BCUT2D eigenvalue weighted by molar-refractivity contribution is -0.141. The van der Waals surface area contributed by atoms with E-state index in [0.717, 1.165) is 11.5 Å². The van der Waals surface area contributed by atoms with E-state index < -0.39 is 11.9 Å². The Hall–Kier alpha value is -1.50. The molecule has 7 heteroatoms. The van der Waals surface area contributed by atoms with Crippen molar-refractivity contribution in [2.24, 2.45) is 5.92 Å². The Morgan fingerprint density at radius 3 is 2.75 bits per heavy atom. The normalized spacial score (nSPS) is 12.1. The molecule has 1 rings (SSSR count). The lowest BCUT2D eigenvalue weighted by Gasteiger charge is -2.21. The number of hydrogen-bond acceptors (Lipinski definition) is 5.